The molecule has 5 aromatic rings. The highest BCUT2D eigenvalue weighted by Crippen LogP contribution is 2.33. The number of hydrogen-bond acceptors (Lipinski definition) is 7. The minimum atomic E-state index is -0.548. The standard InChI is InChI=1S/C35H37N5O3S/c1-35(2,3)43-34(41)39-20-19-31(32(22-39)42-23-26-15-16-27-9-7-8-10-29(27)21-26)28-17-13-25(14-18-28)24-44-33-36-37-38-40(33)30-11-5-4-6-12-30/h4-18,21,31-32H,19-20,22-24H2,1-3H3. The van der Waals surface area contributed by atoms with Crippen molar-refractivity contribution in [1.82, 2.24) is 25.1 Å². The van der Waals surface area contributed by atoms with E-state index >= 15 is 0 Å². The maximum Gasteiger partial charge on any atom is 0.410 e. The molecular formula is C35H37N5O3S. The molecule has 1 aromatic heterocycles. The maximum atomic E-state index is 13.0. The lowest BCUT2D eigenvalue weighted by Crippen LogP contribution is -2.48. The zero-order valence-corrected chi connectivity index (χ0v) is 26.1. The molecule has 8 nitrogen and oxygen atoms in total. The Balaban J connectivity index is 1.15. The smallest absolute Gasteiger partial charge is 0.410 e. The predicted molar refractivity (Wildman–Crippen MR) is 173 cm³/mol. The van der Waals surface area contributed by atoms with Crippen LogP contribution in [0.4, 0.5) is 4.79 Å². The van der Waals surface area contributed by atoms with Gasteiger partial charge in [-0.15, -0.1) is 5.10 Å². The number of piperidine rings is 1. The van der Waals surface area contributed by atoms with E-state index in [1.165, 1.54) is 21.9 Å². The second kappa shape index (κ2) is 13.2. The van der Waals surface area contributed by atoms with Crippen LogP contribution in [0, 0.1) is 0 Å². The third-order valence-electron chi connectivity index (χ3n) is 7.71. The number of tetrazole rings is 1. The quantitative estimate of drug-likeness (QED) is 0.170. The van der Waals surface area contributed by atoms with E-state index in [0.717, 1.165) is 28.6 Å². The summed E-state index contributed by atoms with van der Waals surface area (Å²) in [5.74, 6) is 0.896. The first kappa shape index (κ1) is 29.8. The van der Waals surface area contributed by atoms with Gasteiger partial charge < -0.3 is 14.4 Å². The van der Waals surface area contributed by atoms with E-state index in [2.05, 4.69) is 76.2 Å². The van der Waals surface area contributed by atoms with Crippen LogP contribution in [-0.4, -0.2) is 56.0 Å². The van der Waals surface area contributed by atoms with Crippen LogP contribution >= 0.6 is 11.8 Å². The van der Waals surface area contributed by atoms with Gasteiger partial charge in [-0.1, -0.05) is 90.6 Å². The molecule has 6 rings (SSSR count). The van der Waals surface area contributed by atoms with Gasteiger partial charge in [0.15, 0.2) is 0 Å². The zero-order valence-electron chi connectivity index (χ0n) is 25.3. The molecule has 4 aromatic carbocycles. The summed E-state index contributed by atoms with van der Waals surface area (Å²) >= 11 is 1.60. The van der Waals surface area contributed by atoms with E-state index in [4.69, 9.17) is 9.47 Å². The van der Waals surface area contributed by atoms with Gasteiger partial charge in [-0.05, 0) is 83.3 Å². The van der Waals surface area contributed by atoms with Crippen molar-refractivity contribution in [3.63, 3.8) is 0 Å². The Kier molecular flexibility index (Phi) is 8.95. The number of carbonyl (C=O) groups excluding carboxylic acids is 1. The Labute approximate surface area is 262 Å². The molecule has 0 radical (unpaired) electrons. The van der Waals surface area contributed by atoms with Crippen molar-refractivity contribution in [3.8, 4) is 5.69 Å². The molecule has 1 amide bonds. The van der Waals surface area contributed by atoms with Crippen LogP contribution < -0.4 is 0 Å². The van der Waals surface area contributed by atoms with E-state index in [1.807, 2.05) is 57.2 Å². The van der Waals surface area contributed by atoms with Crippen LogP contribution in [0.2, 0.25) is 0 Å². The van der Waals surface area contributed by atoms with Crippen molar-refractivity contribution < 1.29 is 14.3 Å². The summed E-state index contributed by atoms with van der Waals surface area (Å²) in [5.41, 5.74) is 3.89. The van der Waals surface area contributed by atoms with Crippen molar-refractivity contribution in [3.05, 3.63) is 114 Å². The first-order valence-corrected chi connectivity index (χ1v) is 15.9. The van der Waals surface area contributed by atoms with Gasteiger partial charge in [-0.3, -0.25) is 0 Å². The first-order valence-electron chi connectivity index (χ1n) is 14.9. The molecule has 0 N–H and O–H groups in total. The van der Waals surface area contributed by atoms with Crippen LogP contribution in [0.15, 0.2) is 102 Å². The number of nitrogens with zero attached hydrogens (tertiary/aromatic N) is 5. The van der Waals surface area contributed by atoms with Gasteiger partial charge in [0.25, 0.3) is 0 Å². The molecule has 9 heteroatoms. The van der Waals surface area contributed by atoms with Crippen LogP contribution in [0.3, 0.4) is 0 Å². The Morgan fingerprint density at radius 2 is 1.64 bits per heavy atom. The third kappa shape index (κ3) is 7.29. The number of carbonyl (C=O) groups is 1. The Bertz CT molecular complexity index is 1700. The number of fused-ring (bicyclic) bond motifs is 1. The lowest BCUT2D eigenvalue weighted by molar-refractivity contribution is -0.0359. The lowest BCUT2D eigenvalue weighted by atomic mass is 9.86. The van der Waals surface area contributed by atoms with E-state index in [0.29, 0.717) is 19.7 Å². The molecule has 2 atom stereocenters. The molecule has 44 heavy (non-hydrogen) atoms. The van der Waals surface area contributed by atoms with Crippen LogP contribution in [0.5, 0.6) is 0 Å². The summed E-state index contributed by atoms with van der Waals surface area (Å²) in [6.45, 7) is 7.26. The SMILES string of the molecule is CC(C)(C)OC(=O)N1CCC(c2ccc(CSc3nnnn3-c3ccccc3)cc2)C(OCc2ccc3ccccc3c2)C1. The Morgan fingerprint density at radius 3 is 2.41 bits per heavy atom. The van der Waals surface area contributed by atoms with Crippen LogP contribution in [0.25, 0.3) is 16.5 Å². The molecule has 0 saturated carbocycles. The number of likely N-dealkylation sites (tertiary alicyclic amines) is 1. The highest BCUT2D eigenvalue weighted by Gasteiger charge is 2.35. The van der Waals surface area contributed by atoms with Crippen molar-refractivity contribution in [2.24, 2.45) is 0 Å². The second-order valence-corrected chi connectivity index (χ2v) is 13.0. The summed E-state index contributed by atoms with van der Waals surface area (Å²) < 4.78 is 14.1. The molecule has 1 fully saturated rings. The number of benzene rings is 4. The summed E-state index contributed by atoms with van der Waals surface area (Å²) in [4.78, 5) is 14.8. The average Bonchev–Trinajstić information content (AvgIpc) is 3.51. The largest absolute Gasteiger partial charge is 0.444 e. The van der Waals surface area contributed by atoms with Crippen molar-refractivity contribution in [2.45, 2.75) is 62.3 Å². The molecule has 2 unspecified atom stereocenters. The maximum absolute atomic E-state index is 13.0. The normalized spacial score (nSPS) is 17.1. The van der Waals surface area contributed by atoms with Crippen LogP contribution in [-0.2, 0) is 21.8 Å². The predicted octanol–water partition coefficient (Wildman–Crippen LogP) is 7.42. The fourth-order valence-electron chi connectivity index (χ4n) is 5.50. The van der Waals surface area contributed by atoms with E-state index in [1.54, 1.807) is 21.3 Å². The van der Waals surface area contributed by atoms with Crippen LogP contribution in [0.1, 0.15) is 49.8 Å². The highest BCUT2D eigenvalue weighted by atomic mass is 32.2. The summed E-state index contributed by atoms with van der Waals surface area (Å²) in [6.07, 6.45) is 0.334. The van der Waals surface area contributed by atoms with E-state index in [9.17, 15) is 4.79 Å². The Hall–Kier alpha value is -4.21. The first-order chi connectivity index (χ1) is 21.3. The molecule has 0 aliphatic carbocycles. The number of thioether (sulfide) groups is 1. The number of aromatic nitrogens is 4. The van der Waals surface area contributed by atoms with Gasteiger partial charge in [-0.25, -0.2) is 4.79 Å². The van der Waals surface area contributed by atoms with Crippen molar-refractivity contribution in [1.29, 1.82) is 0 Å². The minimum absolute atomic E-state index is 0.154. The lowest BCUT2D eigenvalue weighted by Gasteiger charge is -2.39. The molecule has 1 saturated heterocycles. The topological polar surface area (TPSA) is 82.4 Å². The number of para-hydroxylation sites is 1. The summed E-state index contributed by atoms with van der Waals surface area (Å²) in [6, 6.07) is 33.4. The monoisotopic (exact) mass is 607 g/mol. The van der Waals surface area contributed by atoms with E-state index in [-0.39, 0.29) is 18.1 Å². The highest BCUT2D eigenvalue weighted by molar-refractivity contribution is 7.98. The third-order valence-corrected chi connectivity index (χ3v) is 8.70. The van der Waals surface area contributed by atoms with Gasteiger partial charge >= 0.3 is 6.09 Å². The molecule has 0 bridgehead atoms. The van der Waals surface area contributed by atoms with Gasteiger partial charge in [0, 0.05) is 18.2 Å². The van der Waals surface area contributed by atoms with Gasteiger partial charge in [0.1, 0.15) is 5.60 Å². The summed E-state index contributed by atoms with van der Waals surface area (Å²) in [5, 5.41) is 15.4. The zero-order chi connectivity index (χ0) is 30.5. The van der Waals surface area contributed by atoms with Crippen molar-refractivity contribution in [2.75, 3.05) is 13.1 Å². The number of ether oxygens (including phenoxy) is 2. The van der Waals surface area contributed by atoms with Gasteiger partial charge in [0.05, 0.1) is 24.9 Å². The summed E-state index contributed by atoms with van der Waals surface area (Å²) in [7, 11) is 0. The molecule has 1 aliphatic rings. The van der Waals surface area contributed by atoms with Crippen molar-refractivity contribution >= 4 is 28.6 Å². The molecule has 0 spiro atoms. The van der Waals surface area contributed by atoms with E-state index < -0.39 is 5.60 Å². The number of amides is 1. The fourth-order valence-corrected chi connectivity index (χ4v) is 6.35. The Morgan fingerprint density at radius 1 is 0.909 bits per heavy atom. The minimum Gasteiger partial charge on any atom is -0.444 e. The molecule has 226 valence electrons. The second-order valence-electron chi connectivity index (χ2n) is 12.1. The number of hydrogen-bond donors (Lipinski definition) is 0. The average molecular weight is 608 g/mol. The fraction of sp³-hybridized carbons (Fsp3) is 0.314. The van der Waals surface area contributed by atoms with Gasteiger partial charge in [0.2, 0.25) is 5.16 Å². The van der Waals surface area contributed by atoms with Gasteiger partial charge in [-0.2, -0.15) is 4.68 Å². The molecule has 2 heterocycles. The molecular weight excluding hydrogens is 570 g/mol. The molecule has 1 aliphatic heterocycles. The number of rotatable bonds is 8.